The summed E-state index contributed by atoms with van der Waals surface area (Å²) in [6, 6.07) is 0. The number of esters is 1. The van der Waals surface area contributed by atoms with E-state index < -0.39 is 12.1 Å². The molecule has 0 aromatic carbocycles. The highest BCUT2D eigenvalue weighted by Gasteiger charge is 2.17. The summed E-state index contributed by atoms with van der Waals surface area (Å²) in [5.41, 5.74) is 0. The third kappa shape index (κ3) is 4.12. The molecule has 0 saturated carbocycles. The van der Waals surface area contributed by atoms with E-state index in [1.165, 1.54) is 0 Å². The molecule has 0 aliphatic rings. The van der Waals surface area contributed by atoms with Gasteiger partial charge < -0.3 is 9.64 Å². The maximum Gasteiger partial charge on any atom is 0.326 e. The van der Waals surface area contributed by atoms with Gasteiger partial charge in [0.05, 0.1) is 6.20 Å². The van der Waals surface area contributed by atoms with Gasteiger partial charge >= 0.3 is 5.97 Å². The summed E-state index contributed by atoms with van der Waals surface area (Å²) in [4.78, 5) is 32.4. The minimum Gasteiger partial charge on any atom is -0.453 e. The predicted molar refractivity (Wildman–Crippen MR) is 66.2 cm³/mol. The number of nitrogens with zero attached hydrogens (tertiary/aromatic N) is 3. The molecular formula is C12H17N3O3. The zero-order valence-electron chi connectivity index (χ0n) is 10.8. The number of Topliss-reactive ketones (excluding diaryl/α,β-unsaturated/α-hetero) is 1. The molecule has 18 heavy (non-hydrogen) atoms. The van der Waals surface area contributed by atoms with Gasteiger partial charge in [-0.15, -0.1) is 0 Å². The van der Waals surface area contributed by atoms with E-state index >= 15 is 0 Å². The van der Waals surface area contributed by atoms with Gasteiger partial charge in [-0.1, -0.05) is 6.92 Å². The highest BCUT2D eigenvalue weighted by atomic mass is 16.5. The first-order valence-corrected chi connectivity index (χ1v) is 5.74. The van der Waals surface area contributed by atoms with Crippen LogP contribution in [0.25, 0.3) is 0 Å². The molecule has 98 valence electrons. The topological polar surface area (TPSA) is 72.4 Å². The molecule has 0 N–H and O–H groups in total. The lowest BCUT2D eigenvalue weighted by Crippen LogP contribution is -2.32. The Kier molecular flexibility index (Phi) is 5.23. The van der Waals surface area contributed by atoms with E-state index in [-0.39, 0.29) is 12.3 Å². The van der Waals surface area contributed by atoms with Gasteiger partial charge in [0, 0.05) is 25.9 Å². The average Bonchev–Trinajstić information content (AvgIpc) is 2.38. The molecule has 1 aromatic heterocycles. The number of ether oxygens (including phenoxy) is 1. The van der Waals surface area contributed by atoms with Gasteiger partial charge in [-0.2, -0.15) is 0 Å². The highest BCUT2D eigenvalue weighted by Crippen LogP contribution is 2.05. The van der Waals surface area contributed by atoms with E-state index in [1.54, 1.807) is 44.4 Å². The fraction of sp³-hybridized carbons (Fsp3) is 0.500. The number of rotatable bonds is 6. The van der Waals surface area contributed by atoms with Gasteiger partial charge in [0.25, 0.3) is 0 Å². The fourth-order valence-electron chi connectivity index (χ4n) is 1.35. The zero-order valence-corrected chi connectivity index (χ0v) is 10.8. The second-order valence-corrected chi connectivity index (χ2v) is 3.87. The molecule has 1 unspecified atom stereocenters. The average molecular weight is 251 g/mol. The Hall–Kier alpha value is -1.98. The molecule has 0 aliphatic carbocycles. The first-order chi connectivity index (χ1) is 8.54. The van der Waals surface area contributed by atoms with Crippen LogP contribution in [-0.4, -0.2) is 41.4 Å². The number of carbonyl (C=O) groups is 2. The molecule has 0 aliphatic heterocycles. The molecule has 1 rings (SSSR count). The molecular weight excluding hydrogens is 234 g/mol. The third-order valence-electron chi connectivity index (χ3n) is 2.42. The quantitative estimate of drug-likeness (QED) is 0.697. The van der Waals surface area contributed by atoms with Crippen molar-refractivity contribution in [2.24, 2.45) is 0 Å². The van der Waals surface area contributed by atoms with Crippen LogP contribution in [0.4, 0.5) is 5.82 Å². The van der Waals surface area contributed by atoms with Crippen LogP contribution in [0.5, 0.6) is 0 Å². The van der Waals surface area contributed by atoms with Gasteiger partial charge in [-0.3, -0.25) is 14.6 Å². The maximum absolute atomic E-state index is 11.6. The normalized spacial score (nSPS) is 11.7. The van der Waals surface area contributed by atoms with Crippen molar-refractivity contribution in [1.82, 2.24) is 9.97 Å². The fourth-order valence-corrected chi connectivity index (χ4v) is 1.35. The van der Waals surface area contributed by atoms with E-state index in [1.807, 2.05) is 0 Å². The molecule has 0 radical (unpaired) electrons. The predicted octanol–water partition coefficient (Wildman–Crippen LogP) is 0.824. The third-order valence-corrected chi connectivity index (χ3v) is 2.42. The minimum absolute atomic E-state index is 0.0278. The number of hydrogen-bond donors (Lipinski definition) is 0. The summed E-state index contributed by atoms with van der Waals surface area (Å²) in [5.74, 6) is 0.0203. The summed E-state index contributed by atoms with van der Waals surface area (Å²) in [6.45, 7) is 3.34. The van der Waals surface area contributed by atoms with Crippen molar-refractivity contribution in [1.29, 1.82) is 0 Å². The Labute approximate surface area is 106 Å². The van der Waals surface area contributed by atoms with Crippen molar-refractivity contribution in [3.05, 3.63) is 18.6 Å². The Balaban J connectivity index is 2.48. The first-order valence-electron chi connectivity index (χ1n) is 5.74. The van der Waals surface area contributed by atoms with E-state index in [0.717, 1.165) is 0 Å². The summed E-state index contributed by atoms with van der Waals surface area (Å²) >= 11 is 0. The molecule has 1 aromatic rings. The molecule has 6 nitrogen and oxygen atoms in total. The Morgan fingerprint density at radius 3 is 2.72 bits per heavy atom. The molecule has 0 fully saturated rings. The number of anilines is 1. The zero-order chi connectivity index (χ0) is 13.5. The SMILES string of the molecule is CCC(=O)C(C)OC(=O)CN(C)c1cnccn1. The van der Waals surface area contributed by atoms with E-state index in [4.69, 9.17) is 4.74 Å². The number of ketones is 1. The second-order valence-electron chi connectivity index (χ2n) is 3.87. The van der Waals surface area contributed by atoms with E-state index in [2.05, 4.69) is 9.97 Å². The van der Waals surface area contributed by atoms with Gasteiger partial charge in [0.2, 0.25) is 0 Å². The van der Waals surface area contributed by atoms with Crippen LogP contribution in [0.2, 0.25) is 0 Å². The second kappa shape index (κ2) is 6.68. The lowest BCUT2D eigenvalue weighted by molar-refractivity contribution is -0.152. The monoisotopic (exact) mass is 251 g/mol. The number of aromatic nitrogens is 2. The van der Waals surface area contributed by atoms with Crippen LogP contribution in [-0.2, 0) is 14.3 Å². The lowest BCUT2D eigenvalue weighted by atomic mass is 10.2. The highest BCUT2D eigenvalue weighted by molar-refractivity contribution is 5.85. The van der Waals surface area contributed by atoms with Crippen molar-refractivity contribution in [3.63, 3.8) is 0 Å². The van der Waals surface area contributed by atoms with Gasteiger partial charge in [-0.25, -0.2) is 4.98 Å². The Bertz CT molecular complexity index is 408. The summed E-state index contributed by atoms with van der Waals surface area (Å²) < 4.78 is 5.02. The molecule has 1 heterocycles. The molecule has 0 saturated heterocycles. The molecule has 0 bridgehead atoms. The lowest BCUT2D eigenvalue weighted by Gasteiger charge is -2.18. The van der Waals surface area contributed by atoms with Crippen LogP contribution in [0.1, 0.15) is 20.3 Å². The Morgan fingerprint density at radius 1 is 1.44 bits per heavy atom. The molecule has 0 amide bonds. The standard InChI is InChI=1S/C12H17N3O3/c1-4-10(16)9(2)18-12(17)8-15(3)11-7-13-5-6-14-11/h5-7,9H,4,8H2,1-3H3. The van der Waals surface area contributed by atoms with E-state index in [9.17, 15) is 9.59 Å². The maximum atomic E-state index is 11.6. The molecule has 1 atom stereocenters. The van der Waals surface area contributed by atoms with Crippen molar-refractivity contribution >= 4 is 17.6 Å². The van der Waals surface area contributed by atoms with Crippen molar-refractivity contribution in [2.45, 2.75) is 26.4 Å². The number of likely N-dealkylation sites (N-methyl/N-ethyl adjacent to an activating group) is 1. The van der Waals surface area contributed by atoms with Crippen LogP contribution in [0, 0.1) is 0 Å². The van der Waals surface area contributed by atoms with Crippen LogP contribution in [0.3, 0.4) is 0 Å². The van der Waals surface area contributed by atoms with Crippen molar-refractivity contribution < 1.29 is 14.3 Å². The summed E-state index contributed by atoms with van der Waals surface area (Å²) in [5, 5.41) is 0. The largest absolute Gasteiger partial charge is 0.453 e. The summed E-state index contributed by atoms with van der Waals surface area (Å²) in [6.07, 6.45) is 4.30. The van der Waals surface area contributed by atoms with Gasteiger partial charge in [0.15, 0.2) is 11.9 Å². The minimum atomic E-state index is -0.697. The number of hydrogen-bond acceptors (Lipinski definition) is 6. The van der Waals surface area contributed by atoms with Crippen molar-refractivity contribution in [2.75, 3.05) is 18.5 Å². The van der Waals surface area contributed by atoms with Gasteiger partial charge in [-0.05, 0) is 6.92 Å². The van der Waals surface area contributed by atoms with Crippen LogP contribution in [0.15, 0.2) is 18.6 Å². The smallest absolute Gasteiger partial charge is 0.326 e. The Morgan fingerprint density at radius 2 is 2.17 bits per heavy atom. The van der Waals surface area contributed by atoms with Crippen molar-refractivity contribution in [3.8, 4) is 0 Å². The first kappa shape index (κ1) is 14.1. The van der Waals surface area contributed by atoms with Gasteiger partial charge in [0.1, 0.15) is 12.4 Å². The molecule has 0 spiro atoms. The van der Waals surface area contributed by atoms with E-state index in [0.29, 0.717) is 12.2 Å². The summed E-state index contributed by atoms with van der Waals surface area (Å²) in [7, 11) is 1.71. The number of carbonyl (C=O) groups excluding carboxylic acids is 2. The van der Waals surface area contributed by atoms with Crippen LogP contribution >= 0.6 is 0 Å². The molecule has 6 heteroatoms. The van der Waals surface area contributed by atoms with Crippen LogP contribution < -0.4 is 4.90 Å².